The Morgan fingerprint density at radius 1 is 1.38 bits per heavy atom. The van der Waals surface area contributed by atoms with E-state index in [1.807, 2.05) is 0 Å². The highest BCUT2D eigenvalue weighted by atomic mass is 32.1. The van der Waals surface area contributed by atoms with Crippen LogP contribution in [0.15, 0.2) is 0 Å². The Balaban J connectivity index is 1.64. The summed E-state index contributed by atoms with van der Waals surface area (Å²) < 4.78 is 4.97. The lowest BCUT2D eigenvalue weighted by Crippen LogP contribution is -2.45. The highest BCUT2D eigenvalue weighted by molar-refractivity contribution is 7.80. The van der Waals surface area contributed by atoms with Gasteiger partial charge in [0.15, 0.2) is 5.11 Å². The number of carbonyl (C=O) groups excluding carboxylic acids is 1. The molecule has 0 atom stereocenters. The van der Waals surface area contributed by atoms with Crippen LogP contribution in [0.4, 0.5) is 5.00 Å². The van der Waals surface area contributed by atoms with Crippen molar-refractivity contribution in [3.05, 3.63) is 16.0 Å². The maximum atomic E-state index is 12.2. The summed E-state index contributed by atoms with van der Waals surface area (Å²) in [4.78, 5) is 15.9. The van der Waals surface area contributed by atoms with Crippen molar-refractivity contribution in [2.45, 2.75) is 45.1 Å². The maximum Gasteiger partial charge on any atom is 0.341 e. The summed E-state index contributed by atoms with van der Waals surface area (Å²) in [5, 5.41) is 8.10. The number of hydrogen-bond acceptors (Lipinski definition) is 5. The van der Waals surface area contributed by atoms with E-state index in [1.165, 1.54) is 12.0 Å². The number of ether oxygens (including phenoxy) is 1. The molecule has 2 N–H and O–H groups in total. The Hall–Kier alpha value is -1.18. The van der Waals surface area contributed by atoms with E-state index in [1.54, 1.807) is 11.3 Å². The van der Waals surface area contributed by atoms with Crippen LogP contribution < -0.4 is 10.6 Å². The number of piperidine rings is 1. The number of nitrogens with one attached hydrogen (secondary N) is 2. The van der Waals surface area contributed by atoms with Crippen LogP contribution in [0.5, 0.6) is 0 Å². The molecule has 0 unspecified atom stereocenters. The number of hydrogen-bond donors (Lipinski definition) is 2. The second-order valence-corrected chi connectivity index (χ2v) is 7.87. The largest absolute Gasteiger partial charge is 0.465 e. The second kappa shape index (κ2) is 7.80. The molecule has 1 aromatic rings. The fourth-order valence-electron chi connectivity index (χ4n) is 3.53. The number of thiocarbonyl (C=S) groups is 1. The Bertz CT molecular complexity index is 622. The monoisotopic (exact) mass is 367 g/mol. The van der Waals surface area contributed by atoms with Crippen molar-refractivity contribution < 1.29 is 9.53 Å². The van der Waals surface area contributed by atoms with Gasteiger partial charge in [-0.2, -0.15) is 0 Å². The van der Waals surface area contributed by atoms with Crippen molar-refractivity contribution >= 4 is 39.6 Å². The molecule has 0 amide bonds. The number of nitrogens with zero attached hydrogens (tertiary/aromatic N) is 1. The normalized spacial score (nSPS) is 18.2. The van der Waals surface area contributed by atoms with Gasteiger partial charge in [-0.1, -0.05) is 6.92 Å². The minimum atomic E-state index is -0.268. The number of methoxy groups -OCH3 is 1. The molecule has 132 valence electrons. The molecule has 0 bridgehead atoms. The molecule has 5 nitrogen and oxygen atoms in total. The molecule has 2 heterocycles. The molecule has 1 aliphatic heterocycles. The van der Waals surface area contributed by atoms with Crippen molar-refractivity contribution in [3.63, 3.8) is 0 Å². The first-order valence-corrected chi connectivity index (χ1v) is 9.87. The van der Waals surface area contributed by atoms with Crippen LogP contribution in [0.1, 0.15) is 47.0 Å². The topological polar surface area (TPSA) is 53.6 Å². The maximum absolute atomic E-state index is 12.2. The zero-order valence-corrected chi connectivity index (χ0v) is 15.9. The van der Waals surface area contributed by atoms with Gasteiger partial charge in [0.05, 0.1) is 12.7 Å². The third-order valence-electron chi connectivity index (χ3n) is 4.91. The van der Waals surface area contributed by atoms with Gasteiger partial charge >= 0.3 is 5.97 Å². The minimum Gasteiger partial charge on any atom is -0.465 e. The van der Waals surface area contributed by atoms with Gasteiger partial charge in [-0.3, -0.25) is 0 Å². The molecular formula is C17H25N3O2S2. The zero-order chi connectivity index (χ0) is 17.1. The summed E-state index contributed by atoms with van der Waals surface area (Å²) >= 11 is 7.12. The molecule has 24 heavy (non-hydrogen) atoms. The van der Waals surface area contributed by atoms with Crippen molar-refractivity contribution in [1.29, 1.82) is 0 Å². The van der Waals surface area contributed by atoms with Crippen molar-refractivity contribution in [2.75, 3.05) is 32.1 Å². The number of likely N-dealkylation sites (tertiary alicyclic amines) is 1. The molecule has 7 heteroatoms. The lowest BCUT2D eigenvalue weighted by molar-refractivity contribution is 0.0601. The quantitative estimate of drug-likeness (QED) is 0.630. The zero-order valence-electron chi connectivity index (χ0n) is 14.3. The van der Waals surface area contributed by atoms with Crippen LogP contribution in [-0.4, -0.2) is 48.8 Å². The van der Waals surface area contributed by atoms with Gasteiger partial charge < -0.3 is 20.3 Å². The first kappa shape index (κ1) is 17.6. The second-order valence-electron chi connectivity index (χ2n) is 6.36. The molecule has 0 radical (unpaired) electrons. The summed E-state index contributed by atoms with van der Waals surface area (Å²) in [5.41, 5.74) is 1.83. The number of fused-ring (bicyclic) bond motifs is 1. The van der Waals surface area contributed by atoms with E-state index >= 15 is 0 Å². The van der Waals surface area contributed by atoms with Crippen LogP contribution in [0.2, 0.25) is 0 Å². The predicted octanol–water partition coefficient (Wildman–Crippen LogP) is 2.79. The van der Waals surface area contributed by atoms with Crippen LogP contribution in [0.3, 0.4) is 0 Å². The third kappa shape index (κ3) is 3.73. The van der Waals surface area contributed by atoms with Crippen molar-refractivity contribution in [1.82, 2.24) is 10.2 Å². The number of anilines is 1. The fraction of sp³-hybridized carbons (Fsp3) is 0.647. The number of thiophene rings is 1. The van der Waals surface area contributed by atoms with E-state index < -0.39 is 0 Å². The van der Waals surface area contributed by atoms with E-state index in [9.17, 15) is 4.79 Å². The standard InChI is InChI=1S/C17H25N3O2S2/c1-3-20-9-7-11(8-10-20)18-17(23)19-15-14(16(21)22-2)12-5-4-6-13(12)24-15/h11H,3-10H2,1-2H3,(H2,18,19,23). The van der Waals surface area contributed by atoms with E-state index in [2.05, 4.69) is 22.5 Å². The predicted molar refractivity (Wildman–Crippen MR) is 102 cm³/mol. The van der Waals surface area contributed by atoms with Crippen molar-refractivity contribution in [3.8, 4) is 0 Å². The molecule has 2 aliphatic rings. The molecule has 0 spiro atoms. The Labute approximate surface area is 152 Å². The summed E-state index contributed by atoms with van der Waals surface area (Å²) in [6, 6.07) is 0.404. The first-order chi connectivity index (χ1) is 11.6. The van der Waals surface area contributed by atoms with Crippen LogP contribution in [0.25, 0.3) is 0 Å². The summed E-state index contributed by atoms with van der Waals surface area (Å²) in [6.07, 6.45) is 5.31. The summed E-state index contributed by atoms with van der Waals surface area (Å²) in [6.45, 7) is 5.53. The number of esters is 1. The average Bonchev–Trinajstić information content (AvgIpc) is 3.15. The van der Waals surface area contributed by atoms with Crippen LogP contribution in [-0.2, 0) is 17.6 Å². The lowest BCUT2D eigenvalue weighted by Gasteiger charge is -2.32. The fourth-order valence-corrected chi connectivity index (χ4v) is 5.14. The molecule has 0 aromatic carbocycles. The number of aryl methyl sites for hydroxylation is 1. The van der Waals surface area contributed by atoms with Crippen molar-refractivity contribution in [2.24, 2.45) is 0 Å². The average molecular weight is 368 g/mol. The summed E-state index contributed by atoms with van der Waals surface area (Å²) in [7, 11) is 1.43. The highest BCUT2D eigenvalue weighted by Gasteiger charge is 2.28. The third-order valence-corrected chi connectivity index (χ3v) is 6.34. The lowest BCUT2D eigenvalue weighted by atomic mass is 10.1. The minimum absolute atomic E-state index is 0.268. The summed E-state index contributed by atoms with van der Waals surface area (Å²) in [5.74, 6) is -0.268. The van der Waals surface area contributed by atoms with Gasteiger partial charge in [0.25, 0.3) is 0 Å². The molecular weight excluding hydrogens is 342 g/mol. The van der Waals surface area contributed by atoms with Gasteiger partial charge in [0.1, 0.15) is 5.00 Å². The Kier molecular flexibility index (Phi) is 5.73. The Morgan fingerprint density at radius 2 is 2.12 bits per heavy atom. The van der Waals surface area contributed by atoms with E-state index in [4.69, 9.17) is 17.0 Å². The molecule has 0 saturated carbocycles. The number of rotatable bonds is 4. The SMILES string of the molecule is CCN1CCC(NC(=S)Nc2sc3c(c2C(=O)OC)CCC3)CC1. The highest BCUT2D eigenvalue weighted by Crippen LogP contribution is 2.39. The van der Waals surface area contributed by atoms with Crippen LogP contribution >= 0.6 is 23.6 Å². The van der Waals surface area contributed by atoms with E-state index in [0.29, 0.717) is 16.7 Å². The molecule has 1 saturated heterocycles. The molecule has 3 rings (SSSR count). The van der Waals surface area contributed by atoms with Gasteiger partial charge in [0.2, 0.25) is 0 Å². The van der Waals surface area contributed by atoms with E-state index in [-0.39, 0.29) is 5.97 Å². The molecule has 1 fully saturated rings. The number of carbonyl (C=O) groups is 1. The van der Waals surface area contributed by atoms with Gasteiger partial charge in [-0.15, -0.1) is 11.3 Å². The van der Waals surface area contributed by atoms with Gasteiger partial charge in [-0.05, 0) is 56.4 Å². The van der Waals surface area contributed by atoms with E-state index in [0.717, 1.165) is 62.3 Å². The Morgan fingerprint density at radius 3 is 2.79 bits per heavy atom. The van der Waals surface area contributed by atoms with Gasteiger partial charge in [-0.25, -0.2) is 4.79 Å². The first-order valence-electron chi connectivity index (χ1n) is 8.65. The smallest absolute Gasteiger partial charge is 0.341 e. The van der Waals surface area contributed by atoms with Crippen LogP contribution in [0, 0.1) is 0 Å². The van der Waals surface area contributed by atoms with Gasteiger partial charge in [0, 0.05) is 24.0 Å². The molecule has 1 aromatic heterocycles. The molecule has 1 aliphatic carbocycles.